The molecule has 0 bridgehead atoms. The molecule has 2 amide bonds. The Labute approximate surface area is 167 Å². The number of aromatic nitrogens is 1. The number of alkyl halides is 1. The second-order valence-electron chi connectivity index (χ2n) is 7.18. The predicted octanol–water partition coefficient (Wildman–Crippen LogP) is 1.43. The fraction of sp³-hybridized carbons (Fsp3) is 0.400. The van der Waals surface area contributed by atoms with Gasteiger partial charge in [0.1, 0.15) is 17.8 Å². The predicted molar refractivity (Wildman–Crippen MR) is 104 cm³/mol. The van der Waals surface area contributed by atoms with Gasteiger partial charge in [-0.2, -0.15) is 0 Å². The summed E-state index contributed by atoms with van der Waals surface area (Å²) in [5, 5.41) is 14.4. The zero-order chi connectivity index (χ0) is 21.9. The van der Waals surface area contributed by atoms with E-state index in [0.29, 0.717) is 5.69 Å². The van der Waals surface area contributed by atoms with Crippen LogP contribution in [0.3, 0.4) is 0 Å². The Morgan fingerprint density at radius 2 is 1.69 bits per heavy atom. The van der Waals surface area contributed by atoms with Crippen LogP contribution in [0.5, 0.6) is 0 Å². The van der Waals surface area contributed by atoms with Crippen LogP contribution in [0, 0.1) is 5.92 Å². The number of fused-ring (bicyclic) bond motifs is 1. The number of carbonyl (C=O) groups is 4. The highest BCUT2D eigenvalue weighted by molar-refractivity contribution is 6.01. The molecule has 9 heteroatoms. The number of carbonyl (C=O) groups excluding carboxylic acids is 3. The molecular formula is C20H24FN3O5. The summed E-state index contributed by atoms with van der Waals surface area (Å²) in [5.74, 6) is -4.45. The first kappa shape index (κ1) is 22.1. The van der Waals surface area contributed by atoms with Crippen molar-refractivity contribution in [1.29, 1.82) is 0 Å². The van der Waals surface area contributed by atoms with E-state index in [1.54, 1.807) is 31.5 Å². The maximum absolute atomic E-state index is 13.8. The summed E-state index contributed by atoms with van der Waals surface area (Å²) in [7, 11) is 1.72. The SMILES string of the molecule is CC(=O)C(NC(=O)[C@@H](NC(=O)c1cc2ccccc2n1C)C(C)C)C(F)C(=O)O. The average Bonchev–Trinajstić information content (AvgIpc) is 2.99. The van der Waals surface area contributed by atoms with E-state index < -0.39 is 47.7 Å². The van der Waals surface area contributed by atoms with E-state index in [1.165, 1.54) is 0 Å². The number of para-hydroxylation sites is 1. The topological polar surface area (TPSA) is 118 Å². The number of rotatable bonds is 8. The van der Waals surface area contributed by atoms with Crippen molar-refractivity contribution in [3.05, 3.63) is 36.0 Å². The Bertz CT molecular complexity index is 953. The smallest absolute Gasteiger partial charge is 0.340 e. The van der Waals surface area contributed by atoms with E-state index in [-0.39, 0.29) is 0 Å². The van der Waals surface area contributed by atoms with Crippen molar-refractivity contribution in [3.63, 3.8) is 0 Å². The number of Topliss-reactive ketones (excluding diaryl/α,β-unsaturated/α-hetero) is 1. The molecule has 2 unspecified atom stereocenters. The molecule has 1 aromatic carbocycles. The molecule has 3 N–H and O–H groups in total. The van der Waals surface area contributed by atoms with Gasteiger partial charge in [-0.05, 0) is 25.0 Å². The Morgan fingerprint density at radius 3 is 2.21 bits per heavy atom. The molecule has 8 nitrogen and oxygen atoms in total. The number of hydrogen-bond donors (Lipinski definition) is 3. The number of hydrogen-bond acceptors (Lipinski definition) is 4. The quantitative estimate of drug-likeness (QED) is 0.614. The second kappa shape index (κ2) is 8.85. The highest BCUT2D eigenvalue weighted by Crippen LogP contribution is 2.18. The molecule has 0 spiro atoms. The number of aryl methyl sites for hydroxylation is 1. The van der Waals surface area contributed by atoms with Gasteiger partial charge in [-0.3, -0.25) is 14.4 Å². The largest absolute Gasteiger partial charge is 0.479 e. The van der Waals surface area contributed by atoms with Crippen LogP contribution in [-0.4, -0.2) is 51.5 Å². The molecule has 2 rings (SSSR count). The Morgan fingerprint density at radius 1 is 1.07 bits per heavy atom. The number of nitrogens with zero attached hydrogens (tertiary/aromatic N) is 1. The van der Waals surface area contributed by atoms with Gasteiger partial charge in [0.2, 0.25) is 12.1 Å². The average molecular weight is 405 g/mol. The summed E-state index contributed by atoms with van der Waals surface area (Å²) in [6.45, 7) is 4.32. The van der Waals surface area contributed by atoms with Crippen LogP contribution in [-0.2, 0) is 21.4 Å². The van der Waals surface area contributed by atoms with Gasteiger partial charge in [-0.1, -0.05) is 32.0 Å². The molecule has 2 aromatic rings. The number of ketones is 1. The van der Waals surface area contributed by atoms with E-state index in [0.717, 1.165) is 17.8 Å². The molecule has 0 aliphatic heterocycles. The monoisotopic (exact) mass is 405 g/mol. The fourth-order valence-electron chi connectivity index (χ4n) is 3.02. The normalized spacial score (nSPS) is 14.3. The standard InChI is InChI=1S/C20H24FN3O5/c1-10(2)16(19(27)23-17(11(3)25)15(21)20(28)29)22-18(26)14-9-12-7-5-6-8-13(12)24(14)4/h5-10,15-17H,1-4H3,(H,22,26)(H,23,27)(H,28,29)/t15?,16-,17?/m0/s1. The molecular weight excluding hydrogens is 381 g/mol. The summed E-state index contributed by atoms with van der Waals surface area (Å²) in [6.07, 6.45) is -2.59. The number of carboxylic acids is 1. The molecule has 0 saturated carbocycles. The van der Waals surface area contributed by atoms with Crippen molar-refractivity contribution in [1.82, 2.24) is 15.2 Å². The summed E-state index contributed by atoms with van der Waals surface area (Å²) >= 11 is 0. The van der Waals surface area contributed by atoms with Gasteiger partial charge in [0.05, 0.1) is 0 Å². The highest BCUT2D eigenvalue weighted by Gasteiger charge is 2.35. The van der Waals surface area contributed by atoms with Crippen molar-refractivity contribution < 1.29 is 28.7 Å². The summed E-state index contributed by atoms with van der Waals surface area (Å²) in [6, 6.07) is 6.13. The minimum atomic E-state index is -2.59. The lowest BCUT2D eigenvalue weighted by atomic mass is 10.0. The maximum Gasteiger partial charge on any atom is 0.340 e. The summed E-state index contributed by atoms with van der Waals surface area (Å²) in [5.41, 5.74) is 1.16. The van der Waals surface area contributed by atoms with E-state index in [4.69, 9.17) is 5.11 Å². The van der Waals surface area contributed by atoms with E-state index >= 15 is 0 Å². The Balaban J connectivity index is 2.23. The third-order valence-electron chi connectivity index (χ3n) is 4.68. The van der Waals surface area contributed by atoms with Gasteiger partial charge in [-0.25, -0.2) is 9.18 Å². The van der Waals surface area contributed by atoms with Crippen LogP contribution in [0.2, 0.25) is 0 Å². The highest BCUT2D eigenvalue weighted by atomic mass is 19.1. The van der Waals surface area contributed by atoms with Gasteiger partial charge in [0.15, 0.2) is 5.78 Å². The lowest BCUT2D eigenvalue weighted by Gasteiger charge is -2.25. The van der Waals surface area contributed by atoms with E-state index in [2.05, 4.69) is 10.6 Å². The first-order valence-electron chi connectivity index (χ1n) is 9.07. The summed E-state index contributed by atoms with van der Waals surface area (Å²) in [4.78, 5) is 47.8. The number of aliphatic carboxylic acids is 1. The van der Waals surface area contributed by atoms with Crippen LogP contribution in [0.4, 0.5) is 4.39 Å². The van der Waals surface area contributed by atoms with Gasteiger partial charge in [0.25, 0.3) is 5.91 Å². The van der Waals surface area contributed by atoms with Crippen molar-refractivity contribution >= 4 is 34.5 Å². The molecule has 1 aromatic heterocycles. The van der Waals surface area contributed by atoms with Crippen LogP contribution in [0.15, 0.2) is 30.3 Å². The molecule has 0 radical (unpaired) electrons. The number of halogens is 1. The maximum atomic E-state index is 13.8. The van der Waals surface area contributed by atoms with Gasteiger partial charge >= 0.3 is 5.97 Å². The first-order chi connectivity index (χ1) is 13.5. The number of benzene rings is 1. The van der Waals surface area contributed by atoms with Gasteiger partial charge < -0.3 is 20.3 Å². The third kappa shape index (κ3) is 4.79. The number of nitrogens with one attached hydrogen (secondary N) is 2. The zero-order valence-electron chi connectivity index (χ0n) is 16.6. The van der Waals surface area contributed by atoms with Gasteiger partial charge in [0, 0.05) is 18.0 Å². The van der Waals surface area contributed by atoms with Crippen molar-refractivity contribution in [2.24, 2.45) is 13.0 Å². The fourth-order valence-corrected chi connectivity index (χ4v) is 3.02. The number of amides is 2. The van der Waals surface area contributed by atoms with Gasteiger partial charge in [-0.15, -0.1) is 0 Å². The lowest BCUT2D eigenvalue weighted by molar-refractivity contribution is -0.146. The number of carboxylic acid groups (broad SMARTS) is 1. The summed E-state index contributed by atoms with van der Waals surface area (Å²) < 4.78 is 15.5. The third-order valence-corrected chi connectivity index (χ3v) is 4.68. The molecule has 1 heterocycles. The first-order valence-corrected chi connectivity index (χ1v) is 9.07. The minimum Gasteiger partial charge on any atom is -0.479 e. The minimum absolute atomic E-state index is 0.321. The second-order valence-corrected chi connectivity index (χ2v) is 7.18. The molecule has 3 atom stereocenters. The molecule has 0 fully saturated rings. The van der Waals surface area contributed by atoms with Crippen molar-refractivity contribution in [3.8, 4) is 0 Å². The lowest BCUT2D eigenvalue weighted by Crippen LogP contribution is -2.56. The molecule has 0 saturated heterocycles. The Kier molecular flexibility index (Phi) is 6.73. The Hall–Kier alpha value is -3.23. The van der Waals surface area contributed by atoms with Crippen LogP contribution >= 0.6 is 0 Å². The van der Waals surface area contributed by atoms with Crippen molar-refractivity contribution in [2.45, 2.75) is 39.0 Å². The molecule has 0 aliphatic carbocycles. The van der Waals surface area contributed by atoms with Crippen LogP contribution in [0.25, 0.3) is 10.9 Å². The van der Waals surface area contributed by atoms with Crippen molar-refractivity contribution in [2.75, 3.05) is 0 Å². The molecule has 156 valence electrons. The van der Waals surface area contributed by atoms with Crippen LogP contribution < -0.4 is 10.6 Å². The van der Waals surface area contributed by atoms with E-state index in [9.17, 15) is 23.6 Å². The molecule has 0 aliphatic rings. The zero-order valence-corrected chi connectivity index (χ0v) is 16.6. The van der Waals surface area contributed by atoms with Crippen LogP contribution in [0.1, 0.15) is 31.3 Å². The van der Waals surface area contributed by atoms with E-state index in [1.807, 2.05) is 24.3 Å². The molecule has 29 heavy (non-hydrogen) atoms.